The first-order valence-electron chi connectivity index (χ1n) is 8.23. The summed E-state index contributed by atoms with van der Waals surface area (Å²) in [6.07, 6.45) is 11.7. The van der Waals surface area contributed by atoms with Crippen LogP contribution >= 0.6 is 11.6 Å². The number of nitrogens with zero attached hydrogens (tertiary/aromatic N) is 2. The van der Waals surface area contributed by atoms with E-state index < -0.39 is 0 Å². The molecule has 0 aliphatic carbocycles. The zero-order valence-electron chi connectivity index (χ0n) is 13.7. The summed E-state index contributed by atoms with van der Waals surface area (Å²) in [5.74, 6) is 0. The normalized spacial score (nSPS) is 14.4. The molecule has 1 unspecified atom stereocenters. The van der Waals surface area contributed by atoms with Gasteiger partial charge in [-0.25, -0.2) is 0 Å². The van der Waals surface area contributed by atoms with E-state index in [4.69, 9.17) is 11.6 Å². The molecule has 2 nitrogen and oxygen atoms in total. The number of rotatable bonds is 10. The van der Waals surface area contributed by atoms with Gasteiger partial charge in [-0.15, -0.1) is 0 Å². The van der Waals surface area contributed by atoms with E-state index in [-0.39, 0.29) is 5.41 Å². The Morgan fingerprint density at radius 1 is 1.05 bits per heavy atom. The van der Waals surface area contributed by atoms with E-state index in [1.165, 1.54) is 63.5 Å². The van der Waals surface area contributed by atoms with Crippen molar-refractivity contribution in [2.24, 2.45) is 7.05 Å². The van der Waals surface area contributed by atoms with Crippen LogP contribution in [0.2, 0.25) is 5.15 Å². The highest BCUT2D eigenvalue weighted by atomic mass is 35.5. The van der Waals surface area contributed by atoms with Crippen molar-refractivity contribution in [3.8, 4) is 0 Å². The van der Waals surface area contributed by atoms with Crippen molar-refractivity contribution in [3.05, 3.63) is 16.9 Å². The maximum absolute atomic E-state index is 6.08. The van der Waals surface area contributed by atoms with Gasteiger partial charge in [-0.1, -0.05) is 77.3 Å². The molecule has 0 saturated carbocycles. The summed E-state index contributed by atoms with van der Waals surface area (Å²) in [6.45, 7) is 6.92. The highest BCUT2D eigenvalue weighted by Crippen LogP contribution is 2.36. The van der Waals surface area contributed by atoms with Crippen molar-refractivity contribution in [3.63, 3.8) is 0 Å². The highest BCUT2D eigenvalue weighted by molar-refractivity contribution is 6.29. The van der Waals surface area contributed by atoms with Gasteiger partial charge in [0, 0.05) is 18.2 Å². The molecule has 1 aromatic rings. The molecule has 0 spiro atoms. The van der Waals surface area contributed by atoms with E-state index in [1.807, 2.05) is 11.7 Å². The fourth-order valence-electron chi connectivity index (χ4n) is 3.09. The zero-order chi connectivity index (χ0) is 15.0. The zero-order valence-corrected chi connectivity index (χ0v) is 14.5. The molecule has 0 saturated heterocycles. The van der Waals surface area contributed by atoms with Gasteiger partial charge in [-0.3, -0.25) is 4.68 Å². The number of unbranched alkanes of at least 4 members (excludes halogenated alkanes) is 5. The Labute approximate surface area is 129 Å². The smallest absolute Gasteiger partial charge is 0.151 e. The van der Waals surface area contributed by atoms with E-state index in [1.54, 1.807) is 0 Å². The second-order valence-corrected chi connectivity index (χ2v) is 6.69. The van der Waals surface area contributed by atoms with Gasteiger partial charge in [0.2, 0.25) is 0 Å². The van der Waals surface area contributed by atoms with Gasteiger partial charge < -0.3 is 0 Å². The third kappa shape index (κ3) is 5.12. The molecule has 1 heterocycles. The highest BCUT2D eigenvalue weighted by Gasteiger charge is 2.29. The molecule has 1 rings (SSSR count). The average molecular weight is 299 g/mol. The van der Waals surface area contributed by atoms with Crippen LogP contribution in [0.3, 0.4) is 0 Å². The monoisotopic (exact) mass is 298 g/mol. The predicted octanol–water partition coefficient (Wildman–Crippen LogP) is 5.88. The van der Waals surface area contributed by atoms with Crippen molar-refractivity contribution in [2.75, 3.05) is 0 Å². The lowest BCUT2D eigenvalue weighted by atomic mass is 9.77. The van der Waals surface area contributed by atoms with Crippen LogP contribution in [0.15, 0.2) is 6.07 Å². The molecule has 0 aliphatic heterocycles. The standard InChI is InChI=1S/C17H31ClN2/c1-5-7-9-11-13-17(3,12-10-8-6-2)15-14-16(18)19-20(15)4/h14H,5-13H2,1-4H3. The minimum atomic E-state index is 0.220. The second-order valence-electron chi connectivity index (χ2n) is 6.30. The maximum Gasteiger partial charge on any atom is 0.151 e. The van der Waals surface area contributed by atoms with Crippen molar-refractivity contribution in [1.29, 1.82) is 0 Å². The van der Waals surface area contributed by atoms with Crippen LogP contribution < -0.4 is 0 Å². The summed E-state index contributed by atoms with van der Waals surface area (Å²) in [5.41, 5.74) is 1.52. The molecule has 20 heavy (non-hydrogen) atoms. The van der Waals surface area contributed by atoms with Gasteiger partial charge in [0.05, 0.1) is 0 Å². The molecule has 1 atom stereocenters. The van der Waals surface area contributed by atoms with Gasteiger partial charge in [-0.05, 0) is 18.9 Å². The van der Waals surface area contributed by atoms with Gasteiger partial charge in [0.1, 0.15) is 0 Å². The minimum Gasteiger partial charge on any atom is -0.271 e. The molecule has 3 heteroatoms. The molecule has 0 amide bonds. The fourth-order valence-corrected chi connectivity index (χ4v) is 3.30. The first-order valence-corrected chi connectivity index (χ1v) is 8.61. The third-order valence-corrected chi connectivity index (χ3v) is 4.57. The summed E-state index contributed by atoms with van der Waals surface area (Å²) >= 11 is 6.08. The van der Waals surface area contributed by atoms with Crippen LogP contribution in [-0.2, 0) is 12.5 Å². The lowest BCUT2D eigenvalue weighted by Gasteiger charge is -2.30. The Hall–Kier alpha value is -0.500. The molecule has 0 aliphatic rings. The summed E-state index contributed by atoms with van der Waals surface area (Å²) in [4.78, 5) is 0. The van der Waals surface area contributed by atoms with Gasteiger partial charge in [-0.2, -0.15) is 5.10 Å². The number of halogens is 1. The first kappa shape index (κ1) is 17.6. The van der Waals surface area contributed by atoms with E-state index >= 15 is 0 Å². The van der Waals surface area contributed by atoms with E-state index in [9.17, 15) is 0 Å². The van der Waals surface area contributed by atoms with Crippen LogP contribution in [0.25, 0.3) is 0 Å². The minimum absolute atomic E-state index is 0.220. The molecule has 1 aromatic heterocycles. The quantitative estimate of drug-likeness (QED) is 0.493. The summed E-state index contributed by atoms with van der Waals surface area (Å²) in [5, 5.41) is 4.95. The largest absolute Gasteiger partial charge is 0.271 e. The Balaban J connectivity index is 2.74. The lowest BCUT2D eigenvalue weighted by molar-refractivity contribution is 0.344. The Bertz CT molecular complexity index is 386. The van der Waals surface area contributed by atoms with Crippen LogP contribution in [0.5, 0.6) is 0 Å². The molecule has 116 valence electrons. The predicted molar refractivity (Wildman–Crippen MR) is 88.5 cm³/mol. The Kier molecular flexibility index (Phi) is 7.65. The molecule has 0 N–H and O–H groups in total. The van der Waals surface area contributed by atoms with E-state index in [0.29, 0.717) is 5.15 Å². The Morgan fingerprint density at radius 2 is 1.60 bits per heavy atom. The van der Waals surface area contributed by atoms with Crippen LogP contribution in [0, 0.1) is 0 Å². The number of hydrogen-bond donors (Lipinski definition) is 0. The SMILES string of the molecule is CCCCCCC(C)(CCCCC)c1cc(Cl)nn1C. The van der Waals surface area contributed by atoms with Gasteiger partial charge >= 0.3 is 0 Å². The molecule has 0 fully saturated rings. The van der Waals surface area contributed by atoms with Crippen molar-refractivity contribution >= 4 is 11.6 Å². The number of hydrogen-bond acceptors (Lipinski definition) is 1. The second kappa shape index (κ2) is 8.71. The molecule has 0 aromatic carbocycles. The summed E-state index contributed by atoms with van der Waals surface area (Å²) in [7, 11) is 2.02. The molecular formula is C17H31ClN2. The first-order chi connectivity index (χ1) is 9.53. The van der Waals surface area contributed by atoms with Crippen LogP contribution in [0.4, 0.5) is 0 Å². The molecule has 0 radical (unpaired) electrons. The lowest BCUT2D eigenvalue weighted by Crippen LogP contribution is -2.25. The Morgan fingerprint density at radius 3 is 2.10 bits per heavy atom. The van der Waals surface area contributed by atoms with E-state index in [2.05, 4.69) is 31.9 Å². The van der Waals surface area contributed by atoms with E-state index in [0.717, 1.165) is 0 Å². The van der Waals surface area contributed by atoms with Crippen molar-refractivity contribution < 1.29 is 0 Å². The summed E-state index contributed by atoms with van der Waals surface area (Å²) < 4.78 is 1.98. The summed E-state index contributed by atoms with van der Waals surface area (Å²) in [6, 6.07) is 2.06. The third-order valence-electron chi connectivity index (χ3n) is 4.38. The van der Waals surface area contributed by atoms with Gasteiger partial charge in [0.15, 0.2) is 5.15 Å². The average Bonchev–Trinajstić information content (AvgIpc) is 2.75. The van der Waals surface area contributed by atoms with Crippen LogP contribution in [0.1, 0.15) is 84.3 Å². The van der Waals surface area contributed by atoms with Gasteiger partial charge in [0.25, 0.3) is 0 Å². The van der Waals surface area contributed by atoms with Crippen molar-refractivity contribution in [2.45, 2.75) is 84.0 Å². The number of aromatic nitrogens is 2. The van der Waals surface area contributed by atoms with Crippen molar-refractivity contribution in [1.82, 2.24) is 9.78 Å². The maximum atomic E-state index is 6.08. The molecule has 0 bridgehead atoms. The van der Waals surface area contributed by atoms with Crippen LogP contribution in [-0.4, -0.2) is 9.78 Å². The number of aryl methyl sites for hydroxylation is 1. The molecular weight excluding hydrogens is 268 g/mol. The topological polar surface area (TPSA) is 17.8 Å². The fraction of sp³-hybridized carbons (Fsp3) is 0.824.